The molecule has 9 heteroatoms. The molecule has 0 radical (unpaired) electrons. The molecule has 0 aromatic rings. The fourth-order valence-electron chi connectivity index (χ4n) is 5.72. The number of likely N-dealkylation sites (N-methyl/N-ethyl adjacent to an activating group) is 1. The predicted octanol–water partition coefficient (Wildman–Crippen LogP) is 1.57. The molecule has 0 saturated carbocycles. The number of hydrogen-bond donors (Lipinski definition) is 1. The van der Waals surface area contributed by atoms with E-state index in [-0.39, 0.29) is 35.2 Å². The molecule has 33 heavy (non-hydrogen) atoms. The first-order chi connectivity index (χ1) is 15.7. The predicted molar refractivity (Wildman–Crippen MR) is 129 cm³/mol. The summed E-state index contributed by atoms with van der Waals surface area (Å²) in [5.74, 6) is -1.93. The number of aliphatic hydroxyl groups excluding tert-OH is 1. The first kappa shape index (κ1) is 25.9. The Hall–Kier alpha value is -1.71. The molecule has 3 aliphatic heterocycles. The number of likely N-dealkylation sites (tertiary alicyclic amines) is 1. The van der Waals surface area contributed by atoms with Crippen molar-refractivity contribution in [2.75, 3.05) is 33.3 Å². The van der Waals surface area contributed by atoms with Gasteiger partial charge in [0.15, 0.2) is 0 Å². The number of ether oxygens (including phenoxy) is 1. The molecule has 0 aromatic carbocycles. The average Bonchev–Trinajstić information content (AvgIpc) is 3.35. The Morgan fingerprint density at radius 3 is 2.52 bits per heavy atom. The highest BCUT2D eigenvalue weighted by molar-refractivity contribution is 9.09. The molecular weight excluding hydrogens is 490 g/mol. The van der Waals surface area contributed by atoms with Crippen molar-refractivity contribution in [3.05, 3.63) is 25.3 Å². The summed E-state index contributed by atoms with van der Waals surface area (Å²) in [6.45, 7) is 12.4. The van der Waals surface area contributed by atoms with E-state index in [1.165, 1.54) is 0 Å². The van der Waals surface area contributed by atoms with Crippen LogP contribution in [-0.4, -0.2) is 99.4 Å². The van der Waals surface area contributed by atoms with Crippen LogP contribution in [0.5, 0.6) is 0 Å². The van der Waals surface area contributed by atoms with Crippen LogP contribution in [0.3, 0.4) is 0 Å². The highest BCUT2D eigenvalue weighted by Crippen LogP contribution is 2.60. The molecule has 3 fully saturated rings. The van der Waals surface area contributed by atoms with Crippen molar-refractivity contribution in [2.45, 2.75) is 61.7 Å². The minimum Gasteiger partial charge on any atom is -0.396 e. The third-order valence-electron chi connectivity index (χ3n) is 7.13. The lowest BCUT2D eigenvalue weighted by Crippen LogP contribution is -2.58. The molecule has 0 aromatic heterocycles. The summed E-state index contributed by atoms with van der Waals surface area (Å²) in [7, 11) is 1.69. The summed E-state index contributed by atoms with van der Waals surface area (Å²) in [4.78, 5) is 45.9. The van der Waals surface area contributed by atoms with Crippen molar-refractivity contribution >= 4 is 33.7 Å². The Morgan fingerprint density at radius 2 is 1.94 bits per heavy atom. The van der Waals surface area contributed by atoms with Crippen LogP contribution in [0.1, 0.15) is 33.1 Å². The van der Waals surface area contributed by atoms with Gasteiger partial charge in [0.1, 0.15) is 11.6 Å². The van der Waals surface area contributed by atoms with Gasteiger partial charge in [0.05, 0.1) is 17.9 Å². The van der Waals surface area contributed by atoms with Crippen molar-refractivity contribution in [3.8, 4) is 0 Å². The fourth-order valence-corrected chi connectivity index (χ4v) is 6.66. The summed E-state index contributed by atoms with van der Waals surface area (Å²) >= 11 is 3.68. The monoisotopic (exact) mass is 525 g/mol. The van der Waals surface area contributed by atoms with Crippen molar-refractivity contribution in [3.63, 3.8) is 0 Å². The van der Waals surface area contributed by atoms with E-state index in [1.54, 1.807) is 33.9 Å². The van der Waals surface area contributed by atoms with Gasteiger partial charge in [-0.05, 0) is 33.1 Å². The van der Waals surface area contributed by atoms with Gasteiger partial charge in [-0.2, -0.15) is 0 Å². The van der Waals surface area contributed by atoms with E-state index in [0.29, 0.717) is 38.9 Å². The molecule has 0 aliphatic carbocycles. The van der Waals surface area contributed by atoms with E-state index in [0.717, 1.165) is 0 Å². The molecule has 3 unspecified atom stereocenters. The summed E-state index contributed by atoms with van der Waals surface area (Å²) in [5, 5.41) is 9.26. The number of nitrogens with zero attached hydrogens (tertiary/aromatic N) is 3. The zero-order valence-corrected chi connectivity index (χ0v) is 21.4. The highest BCUT2D eigenvalue weighted by atomic mass is 79.9. The third-order valence-corrected chi connectivity index (χ3v) is 7.97. The van der Waals surface area contributed by atoms with Crippen LogP contribution in [0.25, 0.3) is 0 Å². The van der Waals surface area contributed by atoms with E-state index in [9.17, 15) is 19.5 Å². The van der Waals surface area contributed by atoms with E-state index in [4.69, 9.17) is 4.74 Å². The number of unbranched alkanes of at least 4 members (excludes halogenated alkanes) is 1. The molecule has 3 aliphatic rings. The van der Waals surface area contributed by atoms with Gasteiger partial charge in [-0.25, -0.2) is 0 Å². The van der Waals surface area contributed by atoms with Gasteiger partial charge in [-0.1, -0.05) is 28.1 Å². The normalized spacial score (nSPS) is 32.2. The molecule has 2 bridgehead atoms. The number of carbonyl (C=O) groups is 3. The first-order valence-corrected chi connectivity index (χ1v) is 12.6. The van der Waals surface area contributed by atoms with Crippen LogP contribution in [-0.2, 0) is 19.1 Å². The number of fused-ring (bicyclic) bond motifs is 1. The first-order valence-electron chi connectivity index (χ1n) is 11.7. The quantitative estimate of drug-likeness (QED) is 0.251. The Kier molecular flexibility index (Phi) is 8.07. The van der Waals surface area contributed by atoms with Crippen LogP contribution >= 0.6 is 15.9 Å². The van der Waals surface area contributed by atoms with Crippen LogP contribution in [0.15, 0.2) is 25.3 Å². The number of carbonyl (C=O) groups excluding carboxylic acids is 3. The molecule has 1 spiro atoms. The Bertz CT molecular complexity index is 805. The summed E-state index contributed by atoms with van der Waals surface area (Å²) in [6.07, 6.45) is 4.42. The van der Waals surface area contributed by atoms with Gasteiger partial charge in [0, 0.05) is 44.2 Å². The number of alkyl halides is 1. The minimum absolute atomic E-state index is 0.0132. The lowest BCUT2D eigenvalue weighted by Gasteiger charge is -2.38. The largest absolute Gasteiger partial charge is 0.396 e. The highest BCUT2D eigenvalue weighted by Gasteiger charge is 2.76. The van der Waals surface area contributed by atoms with Crippen molar-refractivity contribution < 1.29 is 24.2 Å². The van der Waals surface area contributed by atoms with Crippen molar-refractivity contribution in [2.24, 2.45) is 11.8 Å². The van der Waals surface area contributed by atoms with Crippen molar-refractivity contribution in [1.82, 2.24) is 14.7 Å². The summed E-state index contributed by atoms with van der Waals surface area (Å²) in [5.41, 5.74) is -1.06. The van der Waals surface area contributed by atoms with E-state index in [2.05, 4.69) is 29.1 Å². The molecule has 3 heterocycles. The molecular formula is C24H36BrN3O5. The molecule has 1 N–H and O–H groups in total. The minimum atomic E-state index is -1.06. The Balaban J connectivity index is 2.05. The van der Waals surface area contributed by atoms with Crippen LogP contribution < -0.4 is 0 Å². The number of hydrogen-bond acceptors (Lipinski definition) is 5. The second-order valence-electron chi connectivity index (χ2n) is 9.51. The molecule has 184 valence electrons. The molecule has 6 atom stereocenters. The van der Waals surface area contributed by atoms with E-state index < -0.39 is 29.6 Å². The summed E-state index contributed by atoms with van der Waals surface area (Å²) in [6, 6.07) is -0.904. The standard InChI is InChI=1S/C24H36BrN3O5/c1-6-10-26(5)21(30)17-18-22(31)28(12-8-9-13-29)20(23(32)27(11-7-2)15(3)4)24(18)14-16(25)19(17)33-24/h6-7,15-20,29H,1-2,8-14H2,3-5H3/t16?,17-,18+,19-,20?,24?/m1/s1. The topological polar surface area (TPSA) is 90.4 Å². The maximum Gasteiger partial charge on any atom is 0.248 e. The maximum absolute atomic E-state index is 13.9. The average molecular weight is 526 g/mol. The van der Waals surface area contributed by atoms with Crippen LogP contribution in [0.2, 0.25) is 0 Å². The smallest absolute Gasteiger partial charge is 0.248 e. The molecule has 3 amide bonds. The van der Waals surface area contributed by atoms with Crippen LogP contribution in [0.4, 0.5) is 0 Å². The zero-order valence-electron chi connectivity index (χ0n) is 19.8. The van der Waals surface area contributed by atoms with Gasteiger partial charge in [0.25, 0.3) is 0 Å². The second-order valence-corrected chi connectivity index (χ2v) is 10.7. The molecule has 3 saturated heterocycles. The second kappa shape index (κ2) is 10.3. The summed E-state index contributed by atoms with van der Waals surface area (Å²) < 4.78 is 6.50. The lowest BCUT2D eigenvalue weighted by atomic mass is 9.70. The maximum atomic E-state index is 13.9. The van der Waals surface area contributed by atoms with E-state index in [1.807, 2.05) is 13.8 Å². The molecule has 8 nitrogen and oxygen atoms in total. The fraction of sp³-hybridized carbons (Fsp3) is 0.708. The third kappa shape index (κ3) is 4.28. The van der Waals surface area contributed by atoms with Crippen LogP contribution in [0, 0.1) is 11.8 Å². The van der Waals surface area contributed by atoms with Gasteiger partial charge >= 0.3 is 0 Å². The lowest BCUT2D eigenvalue weighted by molar-refractivity contribution is -0.149. The SMILES string of the molecule is C=CCN(C)C(=O)[C@H]1[C@@H]2OC3(CC2Br)C(C(=O)N(CC=C)C(C)C)N(CCCCO)C(=O)[C@H]13. The van der Waals surface area contributed by atoms with Gasteiger partial charge in [-0.3, -0.25) is 14.4 Å². The number of rotatable bonds is 11. The molecule has 3 rings (SSSR count). The van der Waals surface area contributed by atoms with E-state index >= 15 is 0 Å². The number of aliphatic hydroxyl groups is 1. The Morgan fingerprint density at radius 1 is 1.27 bits per heavy atom. The zero-order chi connectivity index (χ0) is 24.5. The van der Waals surface area contributed by atoms with Gasteiger partial charge in [-0.15, -0.1) is 13.2 Å². The number of halogens is 1. The van der Waals surface area contributed by atoms with Gasteiger partial charge in [0.2, 0.25) is 17.7 Å². The Labute approximate surface area is 204 Å². The number of amides is 3. The van der Waals surface area contributed by atoms with Crippen molar-refractivity contribution in [1.29, 1.82) is 0 Å². The van der Waals surface area contributed by atoms with Gasteiger partial charge < -0.3 is 24.5 Å².